The molecule has 0 spiro atoms. The van der Waals surface area contributed by atoms with Crippen LogP contribution in [0.5, 0.6) is 0 Å². The van der Waals surface area contributed by atoms with Crippen LogP contribution in [0.1, 0.15) is 6.92 Å². The normalized spacial score (nSPS) is 14.2. The lowest BCUT2D eigenvalue weighted by atomic mass is 10.1. The molecule has 0 aliphatic heterocycles. The third-order valence-corrected chi connectivity index (χ3v) is 5.78. The quantitative estimate of drug-likeness (QED) is 0.740. The van der Waals surface area contributed by atoms with Gasteiger partial charge >= 0.3 is 6.18 Å². The minimum absolute atomic E-state index is 0.0252. The van der Waals surface area contributed by atoms with Gasteiger partial charge in [0.05, 0.1) is 21.8 Å². The smallest absolute Gasteiger partial charge is 0.373 e. The molecule has 2 N–H and O–H groups in total. The Balaban J connectivity index is 2.31. The molecule has 2 aromatic rings. The zero-order valence-electron chi connectivity index (χ0n) is 14.4. The molecule has 0 aliphatic carbocycles. The summed E-state index contributed by atoms with van der Waals surface area (Å²) < 4.78 is 64.3. The molecule has 0 fully saturated rings. The molecule has 0 saturated carbocycles. The Morgan fingerprint density at radius 3 is 2.43 bits per heavy atom. The Morgan fingerprint density at radius 2 is 1.93 bits per heavy atom. The Hall–Kier alpha value is -2.44. The van der Waals surface area contributed by atoms with E-state index < -0.39 is 27.7 Å². The van der Waals surface area contributed by atoms with Crippen molar-refractivity contribution in [1.29, 1.82) is 0 Å². The number of rotatable bonds is 5. The van der Waals surface area contributed by atoms with Gasteiger partial charge in [0.25, 0.3) is 15.9 Å². The van der Waals surface area contributed by atoms with Crippen LogP contribution in [0.3, 0.4) is 0 Å². The van der Waals surface area contributed by atoms with E-state index in [1.165, 1.54) is 25.6 Å². The molecular formula is C15H14ClF3N4O4S. The van der Waals surface area contributed by atoms with Gasteiger partial charge in [-0.2, -0.15) is 13.2 Å². The number of hydrogen-bond donors (Lipinski definition) is 2. The van der Waals surface area contributed by atoms with Gasteiger partial charge in [-0.25, -0.2) is 13.4 Å². The van der Waals surface area contributed by atoms with E-state index in [0.29, 0.717) is 0 Å². The number of aromatic nitrogens is 2. The maximum atomic E-state index is 12.7. The Kier molecular flexibility index (Phi) is 5.87. The summed E-state index contributed by atoms with van der Waals surface area (Å²) in [6, 6.07) is 2.98. The fraction of sp³-hybridized carbons (Fsp3) is 0.267. The van der Waals surface area contributed by atoms with Crippen molar-refractivity contribution >= 4 is 39.0 Å². The van der Waals surface area contributed by atoms with Crippen LogP contribution in [0.2, 0.25) is 5.02 Å². The molecule has 1 aromatic carbocycles. The first-order valence-electron chi connectivity index (χ1n) is 7.43. The van der Waals surface area contributed by atoms with Crippen LogP contribution in [0, 0.1) is 0 Å². The van der Waals surface area contributed by atoms with E-state index in [-0.39, 0.29) is 28.3 Å². The zero-order valence-corrected chi connectivity index (χ0v) is 16.0. The van der Waals surface area contributed by atoms with E-state index in [2.05, 4.69) is 9.97 Å². The molecule has 0 bridgehead atoms. The lowest BCUT2D eigenvalue weighted by Gasteiger charge is -2.25. The number of halogens is 4. The highest BCUT2D eigenvalue weighted by atomic mass is 35.5. The summed E-state index contributed by atoms with van der Waals surface area (Å²) in [7, 11) is -2.88. The number of benzene rings is 1. The van der Waals surface area contributed by atoms with Gasteiger partial charge < -0.3 is 10.4 Å². The number of anilines is 2. The number of nitrogens with zero attached hydrogens (tertiary/aromatic N) is 3. The van der Waals surface area contributed by atoms with E-state index in [1.807, 2.05) is 5.32 Å². The third kappa shape index (κ3) is 4.18. The lowest BCUT2D eigenvalue weighted by Crippen LogP contribution is -2.52. The molecule has 28 heavy (non-hydrogen) atoms. The maximum absolute atomic E-state index is 12.7. The molecule has 0 unspecified atom stereocenters. The van der Waals surface area contributed by atoms with Gasteiger partial charge in [0.15, 0.2) is 5.82 Å². The van der Waals surface area contributed by atoms with E-state index >= 15 is 0 Å². The van der Waals surface area contributed by atoms with Gasteiger partial charge in [-0.3, -0.25) is 14.1 Å². The van der Waals surface area contributed by atoms with Crippen molar-refractivity contribution < 1.29 is 31.5 Å². The molecule has 1 atom stereocenters. The first-order chi connectivity index (χ1) is 12.8. The second-order valence-electron chi connectivity index (χ2n) is 5.70. The van der Waals surface area contributed by atoms with Gasteiger partial charge in [0.2, 0.25) is 5.60 Å². The average molecular weight is 439 g/mol. The fourth-order valence-corrected chi connectivity index (χ4v) is 3.32. The predicted octanol–water partition coefficient (Wildman–Crippen LogP) is 2.21. The summed E-state index contributed by atoms with van der Waals surface area (Å²) in [5, 5.41) is 10.8. The summed E-state index contributed by atoms with van der Waals surface area (Å²) in [6.07, 6.45) is -1.35. The topological polar surface area (TPSA) is 112 Å². The second-order valence-corrected chi connectivity index (χ2v) is 8.08. The van der Waals surface area contributed by atoms with Crippen LogP contribution in [-0.4, -0.2) is 48.2 Å². The van der Waals surface area contributed by atoms with Gasteiger partial charge in [-0.05, 0) is 25.1 Å². The van der Waals surface area contributed by atoms with Crippen molar-refractivity contribution in [2.24, 2.45) is 0 Å². The molecule has 0 radical (unpaired) electrons. The van der Waals surface area contributed by atoms with Crippen molar-refractivity contribution in [2.75, 3.05) is 16.7 Å². The zero-order chi connectivity index (χ0) is 21.3. The van der Waals surface area contributed by atoms with Crippen molar-refractivity contribution in [2.45, 2.75) is 23.6 Å². The highest BCUT2D eigenvalue weighted by Crippen LogP contribution is 2.33. The van der Waals surface area contributed by atoms with Gasteiger partial charge in [0.1, 0.15) is 0 Å². The van der Waals surface area contributed by atoms with Crippen LogP contribution >= 0.6 is 11.6 Å². The average Bonchev–Trinajstić information content (AvgIpc) is 2.62. The number of hydrogen-bond acceptors (Lipinski definition) is 6. The molecule has 0 aliphatic rings. The van der Waals surface area contributed by atoms with E-state index in [4.69, 9.17) is 11.6 Å². The van der Waals surface area contributed by atoms with Crippen molar-refractivity contribution in [3.05, 3.63) is 41.8 Å². The molecule has 1 aromatic heterocycles. The number of carbonyl (C=O) groups is 1. The summed E-state index contributed by atoms with van der Waals surface area (Å²) in [5.41, 5.74) is -3.97. The SMILES string of the molecule is CN(c1cnccn1)S(=O)(=O)c1ccc(NC(=O)[C@@](C)(O)C(F)(F)F)c(Cl)c1. The standard InChI is InChI=1S/C15H14ClF3N4O4S/c1-14(25,15(17,18)19)13(24)22-11-4-3-9(7-10(11)16)28(26,27)23(2)12-8-20-5-6-21-12/h3-8,25H,1-2H3,(H,22,24)/t14-/m1/s1. The van der Waals surface area contributed by atoms with Crippen molar-refractivity contribution in [1.82, 2.24) is 9.97 Å². The summed E-state index contributed by atoms with van der Waals surface area (Å²) in [5.74, 6) is -1.74. The van der Waals surface area contributed by atoms with Gasteiger partial charge in [-0.1, -0.05) is 11.6 Å². The number of nitrogens with one attached hydrogen (secondary N) is 1. The van der Waals surface area contributed by atoms with E-state index in [0.717, 1.165) is 22.5 Å². The van der Waals surface area contributed by atoms with Gasteiger partial charge in [-0.15, -0.1) is 0 Å². The highest BCUT2D eigenvalue weighted by Gasteiger charge is 2.55. The van der Waals surface area contributed by atoms with Gasteiger partial charge in [0, 0.05) is 19.4 Å². The molecule has 152 valence electrons. The first kappa shape index (κ1) is 21.9. The van der Waals surface area contributed by atoms with Crippen LogP contribution in [0.4, 0.5) is 24.7 Å². The van der Waals surface area contributed by atoms with Crippen LogP contribution in [0.15, 0.2) is 41.7 Å². The number of aliphatic hydroxyl groups is 1. The molecule has 13 heteroatoms. The number of alkyl halides is 3. The predicted molar refractivity (Wildman–Crippen MR) is 94.4 cm³/mol. The van der Waals surface area contributed by atoms with E-state index in [9.17, 15) is 31.5 Å². The summed E-state index contributed by atoms with van der Waals surface area (Å²) in [6.45, 7) is 0.283. The highest BCUT2D eigenvalue weighted by molar-refractivity contribution is 7.92. The Labute approximate surface area is 163 Å². The molecule has 0 saturated heterocycles. The molecule has 1 amide bonds. The minimum atomic E-state index is -5.22. The molecule has 8 nitrogen and oxygen atoms in total. The summed E-state index contributed by atoms with van der Waals surface area (Å²) in [4.78, 5) is 19.0. The van der Waals surface area contributed by atoms with Crippen molar-refractivity contribution in [3.8, 4) is 0 Å². The molecule has 2 rings (SSSR count). The maximum Gasteiger partial charge on any atom is 0.426 e. The molecular weight excluding hydrogens is 425 g/mol. The van der Waals surface area contributed by atoms with Crippen molar-refractivity contribution in [3.63, 3.8) is 0 Å². The number of carbonyl (C=O) groups excluding carboxylic acids is 1. The third-order valence-electron chi connectivity index (χ3n) is 3.71. The first-order valence-corrected chi connectivity index (χ1v) is 9.25. The summed E-state index contributed by atoms with van der Waals surface area (Å²) >= 11 is 5.91. The van der Waals surface area contributed by atoms with E-state index in [1.54, 1.807) is 0 Å². The number of amides is 1. The Morgan fingerprint density at radius 1 is 1.29 bits per heavy atom. The monoisotopic (exact) mass is 438 g/mol. The minimum Gasteiger partial charge on any atom is -0.373 e. The van der Waals surface area contributed by atoms with Crippen LogP contribution in [0.25, 0.3) is 0 Å². The van der Waals surface area contributed by atoms with Crippen LogP contribution in [-0.2, 0) is 14.8 Å². The van der Waals surface area contributed by atoms with Crippen LogP contribution < -0.4 is 9.62 Å². The fourth-order valence-electron chi connectivity index (χ4n) is 1.87. The second kappa shape index (κ2) is 7.53. The Bertz CT molecular complexity index is 985. The molecule has 1 heterocycles. The lowest BCUT2D eigenvalue weighted by molar-refractivity contribution is -0.242. The largest absolute Gasteiger partial charge is 0.426 e. The number of sulfonamides is 1.